The van der Waals surface area contributed by atoms with Gasteiger partial charge in [0.25, 0.3) is 5.91 Å². The van der Waals surface area contributed by atoms with Gasteiger partial charge in [0.2, 0.25) is 0 Å². The quantitative estimate of drug-likeness (QED) is 0.667. The van der Waals surface area contributed by atoms with Crippen LogP contribution < -0.4 is 20.1 Å². The second kappa shape index (κ2) is 11.0. The van der Waals surface area contributed by atoms with Crippen molar-refractivity contribution in [1.82, 2.24) is 15.5 Å². The number of likely N-dealkylation sites (N-methyl/N-ethyl adjacent to an activating group) is 2. The highest BCUT2D eigenvalue weighted by atomic mass is 16.5. The molecule has 0 bridgehead atoms. The molecule has 6 heteroatoms. The van der Waals surface area contributed by atoms with E-state index in [1.807, 2.05) is 25.1 Å². The Hall–Kier alpha value is -1.79. The number of hydrogen-bond donors (Lipinski definition) is 2. The summed E-state index contributed by atoms with van der Waals surface area (Å²) in [6.45, 7) is 8.85. The van der Waals surface area contributed by atoms with Crippen molar-refractivity contribution >= 4 is 5.91 Å². The molecule has 0 spiro atoms. The maximum atomic E-state index is 11.5. The van der Waals surface area contributed by atoms with Gasteiger partial charge in [0, 0.05) is 25.7 Å². The van der Waals surface area contributed by atoms with Crippen molar-refractivity contribution in [3.63, 3.8) is 0 Å². The third kappa shape index (κ3) is 6.18. The monoisotopic (exact) mass is 363 g/mol. The molecular formula is C20H33N3O3. The topological polar surface area (TPSA) is 62.8 Å². The lowest BCUT2D eigenvalue weighted by molar-refractivity contribution is -0.123. The van der Waals surface area contributed by atoms with Gasteiger partial charge in [0.1, 0.15) is 0 Å². The molecule has 146 valence electrons. The number of rotatable bonds is 10. The normalized spacial score (nSPS) is 17.7. The van der Waals surface area contributed by atoms with Crippen LogP contribution in [0.15, 0.2) is 18.2 Å². The van der Waals surface area contributed by atoms with Crippen LogP contribution in [0, 0.1) is 0 Å². The number of benzene rings is 1. The van der Waals surface area contributed by atoms with E-state index < -0.39 is 0 Å². The summed E-state index contributed by atoms with van der Waals surface area (Å²) in [5, 5.41) is 6.28. The van der Waals surface area contributed by atoms with E-state index in [1.54, 1.807) is 7.11 Å². The highest BCUT2D eigenvalue weighted by Gasteiger charge is 2.20. The summed E-state index contributed by atoms with van der Waals surface area (Å²) >= 11 is 0. The smallest absolute Gasteiger partial charge is 0.257 e. The van der Waals surface area contributed by atoms with Crippen molar-refractivity contribution in [3.8, 4) is 11.5 Å². The molecule has 1 aliphatic rings. The van der Waals surface area contributed by atoms with E-state index >= 15 is 0 Å². The van der Waals surface area contributed by atoms with Gasteiger partial charge < -0.3 is 20.1 Å². The molecule has 1 aliphatic heterocycles. The number of methoxy groups -OCH3 is 1. The largest absolute Gasteiger partial charge is 0.493 e. The Balaban J connectivity index is 1.85. The molecule has 6 nitrogen and oxygen atoms in total. The first-order valence-electron chi connectivity index (χ1n) is 9.69. The number of nitrogens with one attached hydrogen (secondary N) is 2. The predicted octanol–water partition coefficient (Wildman–Crippen LogP) is 2.17. The molecule has 1 aromatic carbocycles. The van der Waals surface area contributed by atoms with Crippen LogP contribution >= 0.6 is 0 Å². The first kappa shape index (κ1) is 20.5. The van der Waals surface area contributed by atoms with Crippen molar-refractivity contribution in [1.29, 1.82) is 0 Å². The molecule has 1 amide bonds. The van der Waals surface area contributed by atoms with Gasteiger partial charge in [0.05, 0.1) is 7.11 Å². The second-order valence-electron chi connectivity index (χ2n) is 6.64. The molecule has 0 saturated carbocycles. The van der Waals surface area contributed by atoms with E-state index in [2.05, 4.69) is 22.5 Å². The molecule has 0 radical (unpaired) electrons. The zero-order chi connectivity index (χ0) is 18.8. The van der Waals surface area contributed by atoms with Gasteiger partial charge in [0.15, 0.2) is 18.1 Å². The third-order valence-electron chi connectivity index (χ3n) is 4.83. The minimum absolute atomic E-state index is 0.00364. The van der Waals surface area contributed by atoms with Crippen LogP contribution in [0.5, 0.6) is 11.5 Å². The SMILES string of the molecule is CCNC(=O)COc1ccc(CNCC2CCCCN2CC)cc1OC. The van der Waals surface area contributed by atoms with Gasteiger partial charge in [-0.2, -0.15) is 0 Å². The van der Waals surface area contributed by atoms with Crippen molar-refractivity contribution in [2.24, 2.45) is 0 Å². The van der Waals surface area contributed by atoms with Gasteiger partial charge in [-0.3, -0.25) is 9.69 Å². The van der Waals surface area contributed by atoms with Gasteiger partial charge in [-0.25, -0.2) is 0 Å². The van der Waals surface area contributed by atoms with Crippen LogP contribution in [-0.2, 0) is 11.3 Å². The predicted molar refractivity (Wildman–Crippen MR) is 104 cm³/mol. The number of piperidine rings is 1. The number of hydrogen-bond acceptors (Lipinski definition) is 5. The van der Waals surface area contributed by atoms with Crippen LogP contribution in [0.1, 0.15) is 38.7 Å². The molecule has 1 saturated heterocycles. The molecule has 2 rings (SSSR count). The fourth-order valence-corrected chi connectivity index (χ4v) is 3.42. The number of ether oxygens (including phenoxy) is 2. The van der Waals surface area contributed by atoms with Crippen molar-refractivity contribution in [3.05, 3.63) is 23.8 Å². The zero-order valence-electron chi connectivity index (χ0n) is 16.3. The summed E-state index contributed by atoms with van der Waals surface area (Å²) in [5.41, 5.74) is 1.14. The van der Waals surface area contributed by atoms with E-state index in [1.165, 1.54) is 25.8 Å². The average molecular weight is 364 g/mol. The molecule has 2 N–H and O–H groups in total. The highest BCUT2D eigenvalue weighted by Crippen LogP contribution is 2.28. The lowest BCUT2D eigenvalue weighted by Crippen LogP contribution is -2.45. The Morgan fingerprint density at radius 2 is 2.12 bits per heavy atom. The fraction of sp³-hybridized carbons (Fsp3) is 0.650. The van der Waals surface area contributed by atoms with E-state index in [-0.39, 0.29) is 12.5 Å². The number of likely N-dealkylation sites (tertiary alicyclic amines) is 1. The maximum absolute atomic E-state index is 11.5. The van der Waals surface area contributed by atoms with Crippen LogP contribution in [-0.4, -0.2) is 56.7 Å². The fourth-order valence-electron chi connectivity index (χ4n) is 3.42. The first-order chi connectivity index (χ1) is 12.7. The Bertz CT molecular complexity index is 565. The summed E-state index contributed by atoms with van der Waals surface area (Å²) in [6.07, 6.45) is 3.92. The van der Waals surface area contributed by atoms with Crippen molar-refractivity contribution in [2.75, 3.05) is 39.9 Å². The zero-order valence-corrected chi connectivity index (χ0v) is 16.3. The van der Waals surface area contributed by atoms with E-state index in [0.717, 1.165) is 25.2 Å². The summed E-state index contributed by atoms with van der Waals surface area (Å²) in [4.78, 5) is 14.1. The number of carbonyl (C=O) groups excluding carboxylic acids is 1. The van der Waals surface area contributed by atoms with Gasteiger partial charge >= 0.3 is 0 Å². The number of amides is 1. The van der Waals surface area contributed by atoms with E-state index in [9.17, 15) is 4.79 Å². The van der Waals surface area contributed by atoms with Gasteiger partial charge in [-0.05, 0) is 50.6 Å². The lowest BCUT2D eigenvalue weighted by Gasteiger charge is -2.35. The molecule has 1 aromatic rings. The van der Waals surface area contributed by atoms with Gasteiger partial charge in [-0.15, -0.1) is 0 Å². The van der Waals surface area contributed by atoms with Crippen molar-refractivity contribution in [2.45, 2.75) is 45.7 Å². The molecule has 1 fully saturated rings. The van der Waals surface area contributed by atoms with Crippen LogP contribution in [0.4, 0.5) is 0 Å². The minimum Gasteiger partial charge on any atom is -0.493 e. The standard InChI is InChI=1S/C20H33N3O3/c1-4-22-20(24)15-26-18-10-9-16(12-19(18)25-3)13-21-14-17-8-6-7-11-23(17)5-2/h9-10,12,17,21H,4-8,11,13-15H2,1-3H3,(H,22,24). The minimum atomic E-state index is -0.131. The highest BCUT2D eigenvalue weighted by molar-refractivity contribution is 5.77. The third-order valence-corrected chi connectivity index (χ3v) is 4.83. The molecule has 1 heterocycles. The summed E-state index contributed by atoms with van der Waals surface area (Å²) in [5.74, 6) is 1.11. The summed E-state index contributed by atoms with van der Waals surface area (Å²) < 4.78 is 11.0. The van der Waals surface area contributed by atoms with Crippen LogP contribution in [0.2, 0.25) is 0 Å². The number of carbonyl (C=O) groups is 1. The molecule has 0 aliphatic carbocycles. The summed E-state index contributed by atoms with van der Waals surface area (Å²) in [6, 6.07) is 6.49. The molecule has 1 unspecified atom stereocenters. The van der Waals surface area contributed by atoms with Crippen molar-refractivity contribution < 1.29 is 14.3 Å². The Labute approximate surface area is 157 Å². The van der Waals surface area contributed by atoms with Gasteiger partial charge in [-0.1, -0.05) is 19.4 Å². The van der Waals surface area contributed by atoms with Crippen LogP contribution in [0.25, 0.3) is 0 Å². The Morgan fingerprint density at radius 3 is 2.85 bits per heavy atom. The van der Waals surface area contributed by atoms with E-state index in [4.69, 9.17) is 9.47 Å². The maximum Gasteiger partial charge on any atom is 0.257 e. The van der Waals surface area contributed by atoms with Crippen LogP contribution in [0.3, 0.4) is 0 Å². The Kier molecular flexibility index (Phi) is 8.71. The first-order valence-corrected chi connectivity index (χ1v) is 9.69. The molecule has 0 aromatic heterocycles. The average Bonchev–Trinajstić information content (AvgIpc) is 2.67. The second-order valence-corrected chi connectivity index (χ2v) is 6.64. The lowest BCUT2D eigenvalue weighted by atomic mass is 10.0. The number of nitrogens with zero attached hydrogens (tertiary/aromatic N) is 1. The molecule has 26 heavy (non-hydrogen) atoms. The Morgan fingerprint density at radius 1 is 1.27 bits per heavy atom. The van der Waals surface area contributed by atoms with E-state index in [0.29, 0.717) is 24.1 Å². The summed E-state index contributed by atoms with van der Waals surface area (Å²) in [7, 11) is 1.62. The molecule has 1 atom stereocenters. The molecular weight excluding hydrogens is 330 g/mol.